The molecule has 1 aliphatic heterocycles. The smallest absolute Gasteiger partial charge is 0.329 e. The van der Waals surface area contributed by atoms with Crippen LogP contribution in [0, 0.1) is 12.8 Å². The number of likely N-dealkylation sites (tertiary alicyclic amines) is 1. The lowest BCUT2D eigenvalue weighted by Gasteiger charge is -2.38. The number of aryl methyl sites for hydroxylation is 1. The van der Waals surface area contributed by atoms with E-state index in [1.165, 1.54) is 16.2 Å². The van der Waals surface area contributed by atoms with E-state index in [0.29, 0.717) is 28.7 Å². The molecule has 35 heavy (non-hydrogen) atoms. The first-order chi connectivity index (χ1) is 16.4. The number of amides is 1. The maximum atomic E-state index is 14.2. The van der Waals surface area contributed by atoms with Crippen LogP contribution in [0.2, 0.25) is 0 Å². The number of carboxylic acids is 1. The maximum absolute atomic E-state index is 14.2. The molecule has 1 amide bonds. The Morgan fingerprint density at radius 3 is 2.43 bits per heavy atom. The van der Waals surface area contributed by atoms with Gasteiger partial charge in [0, 0.05) is 24.1 Å². The summed E-state index contributed by atoms with van der Waals surface area (Å²) in [4.78, 5) is 37.7. The summed E-state index contributed by atoms with van der Waals surface area (Å²) in [7, 11) is 0. The number of hydrogen-bond donors (Lipinski definition) is 1. The van der Waals surface area contributed by atoms with Crippen molar-refractivity contribution in [1.29, 1.82) is 0 Å². The Balaban J connectivity index is 1.89. The van der Waals surface area contributed by atoms with Gasteiger partial charge in [-0.2, -0.15) is 4.98 Å². The summed E-state index contributed by atoms with van der Waals surface area (Å²) < 4.78 is 5.25. The Morgan fingerprint density at radius 1 is 1.26 bits per heavy atom. The normalized spacial score (nSPS) is 22.7. The van der Waals surface area contributed by atoms with Gasteiger partial charge in [-0.25, -0.2) is 9.78 Å². The molecule has 1 aliphatic rings. The standard InChI is InChI=1S/C26H32N4O4S/c1-15(2)13-26(24(32)33)14-19(21-28-16(3)34-29-21)20(22-27-11-12-35-22)30(26)23(31)17-7-9-18(10-8-17)25(4,5)6/h7-12,15,19-20H,13-14H2,1-6H3,(H,32,33)/t19-,20+,26-/m0/s1. The molecule has 0 spiro atoms. The van der Waals surface area contributed by atoms with Gasteiger partial charge in [-0.3, -0.25) is 4.79 Å². The molecule has 0 radical (unpaired) electrons. The van der Waals surface area contributed by atoms with Crippen molar-refractivity contribution < 1.29 is 19.2 Å². The molecule has 8 nitrogen and oxygen atoms in total. The van der Waals surface area contributed by atoms with Crippen molar-refractivity contribution in [3.63, 3.8) is 0 Å². The van der Waals surface area contributed by atoms with Crippen LogP contribution in [0.5, 0.6) is 0 Å². The van der Waals surface area contributed by atoms with Gasteiger partial charge in [0.1, 0.15) is 10.5 Å². The highest BCUT2D eigenvalue weighted by Gasteiger charge is 2.61. The summed E-state index contributed by atoms with van der Waals surface area (Å²) in [5, 5.41) is 17.3. The zero-order valence-electron chi connectivity index (χ0n) is 21.0. The van der Waals surface area contributed by atoms with Crippen LogP contribution in [0.3, 0.4) is 0 Å². The molecule has 0 aliphatic carbocycles. The monoisotopic (exact) mass is 496 g/mol. The van der Waals surface area contributed by atoms with Crippen molar-refractivity contribution >= 4 is 23.2 Å². The van der Waals surface area contributed by atoms with E-state index in [2.05, 4.69) is 35.9 Å². The molecule has 0 saturated carbocycles. The van der Waals surface area contributed by atoms with Crippen LogP contribution < -0.4 is 0 Å². The Morgan fingerprint density at radius 2 is 1.94 bits per heavy atom. The first kappa shape index (κ1) is 25.0. The third-order valence-electron chi connectivity index (χ3n) is 6.62. The fourth-order valence-corrected chi connectivity index (χ4v) is 5.88. The van der Waals surface area contributed by atoms with Crippen LogP contribution in [0.25, 0.3) is 0 Å². The van der Waals surface area contributed by atoms with Crippen LogP contribution in [0.4, 0.5) is 0 Å². The topological polar surface area (TPSA) is 109 Å². The van der Waals surface area contributed by atoms with Crippen LogP contribution in [0.1, 0.15) is 92.1 Å². The predicted molar refractivity (Wildman–Crippen MR) is 132 cm³/mol. The number of aliphatic carboxylic acids is 1. The molecule has 3 atom stereocenters. The molecule has 1 aromatic carbocycles. The van der Waals surface area contributed by atoms with Crippen LogP contribution in [-0.4, -0.2) is 42.5 Å². The van der Waals surface area contributed by atoms with Crippen LogP contribution in [0.15, 0.2) is 40.4 Å². The van der Waals surface area contributed by atoms with Gasteiger partial charge < -0.3 is 14.5 Å². The van der Waals surface area contributed by atoms with Gasteiger partial charge in [0.25, 0.3) is 5.91 Å². The molecular formula is C26H32N4O4S. The third-order valence-corrected chi connectivity index (χ3v) is 7.46. The van der Waals surface area contributed by atoms with Gasteiger partial charge >= 0.3 is 5.97 Å². The minimum atomic E-state index is -1.44. The Labute approximate surface area is 209 Å². The number of hydrogen-bond acceptors (Lipinski definition) is 7. The van der Waals surface area contributed by atoms with Crippen molar-refractivity contribution in [3.05, 3.63) is 63.7 Å². The highest BCUT2D eigenvalue weighted by Crippen LogP contribution is 2.54. The molecule has 1 fully saturated rings. The maximum Gasteiger partial charge on any atom is 0.329 e. The van der Waals surface area contributed by atoms with E-state index in [0.717, 1.165) is 5.56 Å². The summed E-state index contributed by atoms with van der Waals surface area (Å²) in [5.41, 5.74) is 0.0317. The van der Waals surface area contributed by atoms with Crippen molar-refractivity contribution in [1.82, 2.24) is 20.0 Å². The minimum Gasteiger partial charge on any atom is -0.479 e. The van der Waals surface area contributed by atoms with E-state index in [1.807, 2.05) is 31.4 Å². The lowest BCUT2D eigenvalue weighted by molar-refractivity contribution is -0.150. The van der Waals surface area contributed by atoms with Crippen LogP contribution >= 0.6 is 11.3 Å². The molecule has 4 rings (SSSR count). The largest absolute Gasteiger partial charge is 0.479 e. The zero-order chi connectivity index (χ0) is 25.5. The van der Waals surface area contributed by atoms with Gasteiger partial charge in [0.2, 0.25) is 5.89 Å². The van der Waals surface area contributed by atoms with Crippen molar-refractivity contribution in [3.8, 4) is 0 Å². The summed E-state index contributed by atoms with van der Waals surface area (Å²) >= 11 is 1.39. The predicted octanol–water partition coefficient (Wildman–Crippen LogP) is 5.37. The molecule has 186 valence electrons. The van der Waals surface area contributed by atoms with Crippen molar-refractivity contribution in [2.75, 3.05) is 0 Å². The first-order valence-corrected chi connectivity index (χ1v) is 12.7. The Hall–Kier alpha value is -3.07. The lowest BCUT2D eigenvalue weighted by atomic mass is 9.83. The number of rotatable bonds is 6. The van der Waals surface area contributed by atoms with E-state index >= 15 is 0 Å². The number of thiazole rings is 1. The second kappa shape index (κ2) is 9.18. The lowest BCUT2D eigenvalue weighted by Crippen LogP contribution is -2.54. The number of carboxylic acid groups (broad SMARTS) is 1. The highest BCUT2D eigenvalue weighted by molar-refractivity contribution is 7.09. The SMILES string of the molecule is Cc1nc([C@H]2C[C@@](CC(C)C)(C(=O)O)N(C(=O)c3ccc(C(C)(C)C)cc3)[C@H]2c2nccs2)no1. The van der Waals surface area contributed by atoms with Crippen molar-refractivity contribution in [2.24, 2.45) is 5.92 Å². The number of carbonyl (C=O) groups excluding carboxylic acids is 1. The molecule has 1 saturated heterocycles. The average molecular weight is 497 g/mol. The zero-order valence-corrected chi connectivity index (χ0v) is 21.8. The molecule has 0 bridgehead atoms. The molecule has 0 unspecified atom stereocenters. The summed E-state index contributed by atoms with van der Waals surface area (Å²) in [5.74, 6) is -1.01. The van der Waals surface area contributed by atoms with Crippen LogP contribution in [-0.2, 0) is 10.2 Å². The summed E-state index contributed by atoms with van der Waals surface area (Å²) in [6.07, 6.45) is 2.14. The molecule has 3 heterocycles. The van der Waals surface area contributed by atoms with E-state index in [4.69, 9.17) is 4.52 Å². The number of nitrogens with zero attached hydrogens (tertiary/aromatic N) is 4. The van der Waals surface area contributed by atoms with Gasteiger partial charge in [0.05, 0.1) is 12.0 Å². The number of carbonyl (C=O) groups is 2. The van der Waals surface area contributed by atoms with Gasteiger partial charge in [0.15, 0.2) is 5.82 Å². The average Bonchev–Trinajstić information content (AvgIpc) is 3.51. The highest BCUT2D eigenvalue weighted by atomic mass is 32.1. The summed E-state index contributed by atoms with van der Waals surface area (Å²) in [6.45, 7) is 12.0. The molecular weight excluding hydrogens is 464 g/mol. The van der Waals surface area contributed by atoms with Crippen molar-refractivity contribution in [2.45, 2.75) is 77.3 Å². The summed E-state index contributed by atoms with van der Waals surface area (Å²) in [6, 6.07) is 6.82. The number of aromatic nitrogens is 3. The fourth-order valence-electron chi connectivity index (χ4n) is 5.09. The van der Waals surface area contributed by atoms with Gasteiger partial charge in [-0.05, 0) is 41.9 Å². The Kier molecular flexibility index (Phi) is 6.57. The van der Waals surface area contributed by atoms with Gasteiger partial charge in [-0.15, -0.1) is 11.3 Å². The molecule has 1 N–H and O–H groups in total. The molecule has 9 heteroatoms. The van der Waals surface area contributed by atoms with E-state index < -0.39 is 23.5 Å². The molecule has 2 aromatic heterocycles. The molecule has 3 aromatic rings. The minimum absolute atomic E-state index is 0.0346. The Bertz CT molecular complexity index is 1200. The van der Waals surface area contributed by atoms with Gasteiger partial charge in [-0.1, -0.05) is 51.9 Å². The first-order valence-electron chi connectivity index (χ1n) is 11.8. The van der Waals surface area contributed by atoms with E-state index in [9.17, 15) is 14.7 Å². The third kappa shape index (κ3) is 4.61. The quantitative estimate of drug-likeness (QED) is 0.488. The van der Waals surface area contributed by atoms with E-state index in [-0.39, 0.29) is 23.7 Å². The second-order valence-corrected chi connectivity index (χ2v) is 11.7. The number of benzene rings is 1. The fraction of sp³-hybridized carbons (Fsp3) is 0.500. The second-order valence-electron chi connectivity index (χ2n) is 10.7. The van der Waals surface area contributed by atoms with E-state index in [1.54, 1.807) is 25.3 Å².